The van der Waals surface area contributed by atoms with Crippen molar-refractivity contribution in [1.82, 2.24) is 0 Å². The third-order valence-electron chi connectivity index (χ3n) is 8.18. The average molecular weight is 759 g/mol. The molecule has 6 aromatic carbocycles. The first-order chi connectivity index (χ1) is 24.3. The van der Waals surface area contributed by atoms with Crippen LogP contribution in [0.5, 0.6) is 0 Å². The zero-order valence-corrected chi connectivity index (χ0v) is 29.5. The van der Waals surface area contributed by atoms with E-state index in [-0.39, 0.29) is 21.4 Å². The Kier molecular flexibility index (Phi) is 9.16. The molecule has 0 unspecified atom stereocenters. The smallest absolute Gasteiger partial charge is 0.294 e. The zero-order chi connectivity index (χ0) is 37.7. The van der Waals surface area contributed by atoms with E-state index < -0.39 is 45.8 Å². The van der Waals surface area contributed by atoms with E-state index >= 15 is 0 Å². The number of nitrogen functional groups attached to an aromatic ring is 2. The van der Waals surface area contributed by atoms with Crippen molar-refractivity contribution in [2.45, 2.75) is 28.5 Å². The van der Waals surface area contributed by atoms with Crippen LogP contribution >= 0.6 is 0 Å². The van der Waals surface area contributed by atoms with Crippen molar-refractivity contribution in [1.29, 1.82) is 0 Å². The number of hydrogen-bond donors (Lipinski definition) is 3. The molecule has 0 aliphatic rings. The number of anilines is 2. The van der Waals surface area contributed by atoms with Crippen LogP contribution in [0.2, 0.25) is 0 Å². The van der Waals surface area contributed by atoms with Gasteiger partial charge in [-0.15, -0.1) is 10.2 Å². The number of azo groups is 2. The fraction of sp³-hybridized carbons (Fsp3) is 0.0588. The van der Waals surface area contributed by atoms with Gasteiger partial charge < -0.3 is 20.6 Å². The lowest BCUT2D eigenvalue weighted by Gasteiger charge is -2.15. The molecule has 0 heterocycles. The first-order valence-corrected chi connectivity index (χ1v) is 19.2. The third-order valence-corrected chi connectivity index (χ3v) is 10.7. The summed E-state index contributed by atoms with van der Waals surface area (Å²) in [6, 6.07) is 22.1. The van der Waals surface area contributed by atoms with Crippen LogP contribution in [0.15, 0.2) is 126 Å². The van der Waals surface area contributed by atoms with E-state index in [0.29, 0.717) is 39.1 Å². The Balaban J connectivity index is 1.30. The second-order valence-electron chi connectivity index (χ2n) is 11.7. The molecule has 0 atom stereocenters. The maximum atomic E-state index is 11.9. The fourth-order valence-electron chi connectivity index (χ4n) is 5.51. The molecule has 0 amide bonds. The maximum absolute atomic E-state index is 11.9. The quantitative estimate of drug-likeness (QED) is 0.0785. The summed E-state index contributed by atoms with van der Waals surface area (Å²) < 4.78 is 103. The minimum atomic E-state index is -5.11. The van der Waals surface area contributed by atoms with Gasteiger partial charge in [0.1, 0.15) is 31.6 Å². The molecule has 6 rings (SSSR count). The van der Waals surface area contributed by atoms with Gasteiger partial charge in [-0.3, -0.25) is 4.55 Å². The Morgan fingerprint density at radius 1 is 0.558 bits per heavy atom. The highest BCUT2D eigenvalue weighted by atomic mass is 32.2. The molecular weight excluding hydrogens is 733 g/mol. The largest absolute Gasteiger partial charge is 0.744 e. The van der Waals surface area contributed by atoms with Crippen LogP contribution in [0.1, 0.15) is 11.1 Å². The topological polar surface area (TPSA) is 270 Å². The summed E-state index contributed by atoms with van der Waals surface area (Å²) in [5.74, 6) is 0. The van der Waals surface area contributed by atoms with Crippen molar-refractivity contribution in [2.75, 3.05) is 11.5 Å². The summed E-state index contributed by atoms with van der Waals surface area (Å²) >= 11 is 0. The number of aryl methyl sites for hydroxylation is 2. The second-order valence-corrected chi connectivity index (χ2v) is 15.8. The standard InChI is InChI=1S/C34H28N6O9S3/c1-18-13-20(4-11-29(18)37-39-33-26-8-6-24(50(41,42)43)15-22(26)3-10-28(33)35)21-5-12-30(19(2)14-21)38-40-34-27-9-7-25(51(44,45)46)16-23(27)17-31(32(34)36)52(47,48)49/h3-17H,35-36H2,1-2H3,(H,41,42,43)(H,44,45,46)(H,47,48,49)/p-2. The zero-order valence-electron chi connectivity index (χ0n) is 27.0. The number of nitrogens with zero attached hydrogens (tertiary/aromatic N) is 4. The van der Waals surface area contributed by atoms with Gasteiger partial charge in [-0.25, -0.2) is 16.8 Å². The van der Waals surface area contributed by atoms with Crippen LogP contribution in [0.3, 0.4) is 0 Å². The van der Waals surface area contributed by atoms with Crippen LogP contribution < -0.4 is 11.5 Å². The third kappa shape index (κ3) is 7.24. The first kappa shape index (κ1) is 36.2. The Labute approximate surface area is 297 Å². The molecule has 0 aromatic heterocycles. The van der Waals surface area contributed by atoms with E-state index in [4.69, 9.17) is 11.5 Å². The fourth-order valence-corrected chi connectivity index (χ4v) is 7.17. The molecule has 0 bridgehead atoms. The molecule has 0 saturated heterocycles. The summed E-state index contributed by atoms with van der Waals surface area (Å²) in [5, 5.41) is 18.3. The molecule has 0 spiro atoms. The molecule has 15 nitrogen and oxygen atoms in total. The molecule has 0 radical (unpaired) electrons. The van der Waals surface area contributed by atoms with Gasteiger partial charge in [-0.1, -0.05) is 30.3 Å². The Morgan fingerprint density at radius 2 is 1.08 bits per heavy atom. The van der Waals surface area contributed by atoms with Crippen molar-refractivity contribution in [3.8, 4) is 11.1 Å². The van der Waals surface area contributed by atoms with Crippen molar-refractivity contribution >= 4 is 86.0 Å². The van der Waals surface area contributed by atoms with E-state index in [1.807, 2.05) is 25.1 Å². The summed E-state index contributed by atoms with van der Waals surface area (Å²) in [5.41, 5.74) is 16.2. The molecule has 0 aliphatic heterocycles. The molecule has 6 aromatic rings. The van der Waals surface area contributed by atoms with Crippen LogP contribution in [0.25, 0.3) is 32.7 Å². The minimum absolute atomic E-state index is 0.0604. The van der Waals surface area contributed by atoms with Gasteiger partial charge in [0.15, 0.2) is 0 Å². The van der Waals surface area contributed by atoms with Gasteiger partial charge in [-0.05, 0) is 108 Å². The Hall–Kier alpha value is -5.63. The lowest BCUT2D eigenvalue weighted by molar-refractivity contribution is 0.461. The maximum Gasteiger partial charge on any atom is 0.294 e. The minimum Gasteiger partial charge on any atom is -0.744 e. The van der Waals surface area contributed by atoms with E-state index in [1.54, 1.807) is 37.3 Å². The van der Waals surface area contributed by atoms with Gasteiger partial charge in [0.25, 0.3) is 10.1 Å². The van der Waals surface area contributed by atoms with Crippen molar-refractivity contribution < 1.29 is 38.9 Å². The predicted octanol–water partition coefficient (Wildman–Crippen LogP) is 7.33. The van der Waals surface area contributed by atoms with E-state index in [1.165, 1.54) is 24.3 Å². The van der Waals surface area contributed by atoms with E-state index in [2.05, 4.69) is 20.5 Å². The average Bonchev–Trinajstić information content (AvgIpc) is 3.06. The monoisotopic (exact) mass is 758 g/mol. The first-order valence-electron chi connectivity index (χ1n) is 14.9. The molecule has 0 aliphatic carbocycles. The summed E-state index contributed by atoms with van der Waals surface area (Å²) in [6.07, 6.45) is 0. The van der Waals surface area contributed by atoms with Gasteiger partial charge in [0.2, 0.25) is 0 Å². The highest BCUT2D eigenvalue weighted by Gasteiger charge is 2.18. The van der Waals surface area contributed by atoms with Crippen LogP contribution in [-0.2, 0) is 30.4 Å². The van der Waals surface area contributed by atoms with Gasteiger partial charge in [-0.2, -0.15) is 18.6 Å². The van der Waals surface area contributed by atoms with Crippen LogP contribution in [-0.4, -0.2) is 38.9 Å². The molecule has 0 saturated carbocycles. The summed E-state index contributed by atoms with van der Waals surface area (Å²) in [4.78, 5) is -1.73. The van der Waals surface area contributed by atoms with Crippen molar-refractivity contribution in [3.05, 3.63) is 102 Å². The molecule has 266 valence electrons. The van der Waals surface area contributed by atoms with Gasteiger partial charge in [0, 0.05) is 10.8 Å². The lowest BCUT2D eigenvalue weighted by Crippen LogP contribution is -2.04. The SMILES string of the molecule is Cc1cc(-c2ccc(N=Nc3c(N)c(S(=O)(=O)[O-])cc4cc(S(=O)(=O)[O-])ccc34)c(C)c2)ccc1N=Nc1c(N)ccc2cc(S(=O)(=O)O)ccc12. The van der Waals surface area contributed by atoms with Crippen LogP contribution in [0.4, 0.5) is 34.1 Å². The number of fused-ring (bicyclic) bond motifs is 2. The normalized spacial score (nSPS) is 12.8. The summed E-state index contributed by atoms with van der Waals surface area (Å²) in [7, 11) is -14.4. The molecule has 5 N–H and O–H groups in total. The second kappa shape index (κ2) is 13.2. The van der Waals surface area contributed by atoms with Gasteiger partial charge >= 0.3 is 0 Å². The number of rotatable bonds is 8. The number of benzene rings is 6. The van der Waals surface area contributed by atoms with Crippen molar-refractivity contribution in [2.24, 2.45) is 20.5 Å². The lowest BCUT2D eigenvalue weighted by atomic mass is 10.0. The van der Waals surface area contributed by atoms with Gasteiger partial charge in [0.05, 0.1) is 37.4 Å². The molecule has 0 fully saturated rings. The highest BCUT2D eigenvalue weighted by Crippen LogP contribution is 2.40. The van der Waals surface area contributed by atoms with E-state index in [9.17, 15) is 38.9 Å². The summed E-state index contributed by atoms with van der Waals surface area (Å²) in [6.45, 7) is 3.62. The molecular formula is C34H26N6O9S3-2. The number of hydrogen-bond acceptors (Lipinski definition) is 14. The molecule has 52 heavy (non-hydrogen) atoms. The Morgan fingerprint density at radius 3 is 1.60 bits per heavy atom. The van der Waals surface area contributed by atoms with Crippen LogP contribution in [0, 0.1) is 13.8 Å². The Bertz CT molecular complexity index is 2880. The van der Waals surface area contributed by atoms with E-state index in [0.717, 1.165) is 34.9 Å². The highest BCUT2D eigenvalue weighted by molar-refractivity contribution is 7.86. The number of nitrogens with two attached hydrogens (primary N) is 2. The molecule has 18 heteroatoms. The predicted molar refractivity (Wildman–Crippen MR) is 192 cm³/mol. The van der Waals surface area contributed by atoms with Crippen molar-refractivity contribution in [3.63, 3.8) is 0 Å².